The number of rotatable bonds is 8. The molecule has 1 atom stereocenters. The van der Waals surface area contributed by atoms with Crippen LogP contribution in [-0.2, 0) is 14.3 Å². The quantitative estimate of drug-likeness (QED) is 0.403. The van der Waals surface area contributed by atoms with Crippen LogP contribution >= 0.6 is 11.8 Å². The number of carbonyl (C=O) groups excluding carboxylic acids is 2. The molecular formula is C14H21N3O5S. The van der Waals surface area contributed by atoms with Gasteiger partial charge in [-0.1, -0.05) is 25.6 Å². The molecule has 0 spiro atoms. The Kier molecular flexibility index (Phi) is 7.60. The van der Waals surface area contributed by atoms with E-state index in [1.807, 2.05) is 13.8 Å². The summed E-state index contributed by atoms with van der Waals surface area (Å²) >= 11 is 1.04. The van der Waals surface area contributed by atoms with Crippen LogP contribution in [0, 0.1) is 5.92 Å². The Morgan fingerprint density at radius 1 is 1.39 bits per heavy atom. The van der Waals surface area contributed by atoms with Gasteiger partial charge in [0.05, 0.1) is 26.0 Å². The number of carbonyl (C=O) groups is 2. The topological polar surface area (TPSA) is 110 Å². The van der Waals surface area contributed by atoms with Gasteiger partial charge in [0.1, 0.15) is 6.04 Å². The highest BCUT2D eigenvalue weighted by molar-refractivity contribution is 7.99. The van der Waals surface area contributed by atoms with Gasteiger partial charge in [-0.15, -0.1) is 0 Å². The molecule has 1 rings (SSSR count). The Labute approximate surface area is 138 Å². The van der Waals surface area contributed by atoms with Gasteiger partial charge in [0, 0.05) is 0 Å². The molecule has 0 radical (unpaired) electrons. The van der Waals surface area contributed by atoms with E-state index in [1.165, 1.54) is 20.3 Å². The molecule has 0 bridgehead atoms. The van der Waals surface area contributed by atoms with Crippen molar-refractivity contribution >= 4 is 23.6 Å². The van der Waals surface area contributed by atoms with Crippen molar-refractivity contribution in [3.8, 4) is 5.88 Å². The maximum atomic E-state index is 12.0. The maximum Gasteiger partial charge on any atom is 0.328 e. The van der Waals surface area contributed by atoms with Crippen molar-refractivity contribution in [2.24, 2.45) is 5.92 Å². The lowest BCUT2D eigenvalue weighted by Crippen LogP contribution is -2.43. The van der Waals surface area contributed by atoms with Crippen molar-refractivity contribution in [2.75, 3.05) is 20.0 Å². The number of ether oxygens (including phenoxy) is 2. The largest absolute Gasteiger partial charge is 0.481 e. The third-order valence-electron chi connectivity index (χ3n) is 2.77. The summed E-state index contributed by atoms with van der Waals surface area (Å²) in [7, 11) is 2.68. The third-order valence-corrected chi connectivity index (χ3v) is 3.65. The predicted molar refractivity (Wildman–Crippen MR) is 85.5 cm³/mol. The molecule has 2 N–H and O–H groups in total. The molecule has 0 aromatic carbocycles. The normalized spacial score (nSPS) is 11.9. The fraction of sp³-hybridized carbons (Fsp3) is 0.571. The zero-order valence-electron chi connectivity index (χ0n) is 13.5. The summed E-state index contributed by atoms with van der Waals surface area (Å²) in [6, 6.07) is 0.519. The van der Waals surface area contributed by atoms with E-state index in [1.54, 1.807) is 0 Å². The summed E-state index contributed by atoms with van der Waals surface area (Å²) in [6.07, 6.45) is 0.483. The number of hydrogen-bond donors (Lipinski definition) is 2. The number of esters is 1. The number of nitrogens with zero attached hydrogens (tertiary/aromatic N) is 1. The lowest BCUT2D eigenvalue weighted by atomic mass is 10.0. The van der Waals surface area contributed by atoms with Crippen molar-refractivity contribution in [1.29, 1.82) is 0 Å². The number of hydrogen-bond acceptors (Lipinski definition) is 7. The average Bonchev–Trinajstić information content (AvgIpc) is 2.50. The van der Waals surface area contributed by atoms with Crippen molar-refractivity contribution in [1.82, 2.24) is 15.3 Å². The highest BCUT2D eigenvalue weighted by atomic mass is 32.2. The second kappa shape index (κ2) is 9.19. The number of aromatic nitrogens is 2. The molecule has 0 aliphatic heterocycles. The molecular weight excluding hydrogens is 322 g/mol. The fourth-order valence-corrected chi connectivity index (χ4v) is 2.46. The van der Waals surface area contributed by atoms with Crippen LogP contribution < -0.4 is 15.6 Å². The summed E-state index contributed by atoms with van der Waals surface area (Å²) < 4.78 is 9.58. The van der Waals surface area contributed by atoms with E-state index in [2.05, 4.69) is 20.0 Å². The molecule has 1 heterocycles. The molecule has 0 aliphatic carbocycles. The Balaban J connectivity index is 2.63. The van der Waals surface area contributed by atoms with Gasteiger partial charge in [-0.25, -0.2) is 4.79 Å². The van der Waals surface area contributed by atoms with Gasteiger partial charge in [0.2, 0.25) is 11.8 Å². The molecule has 0 saturated carbocycles. The highest BCUT2D eigenvalue weighted by Gasteiger charge is 2.22. The minimum Gasteiger partial charge on any atom is -0.481 e. The van der Waals surface area contributed by atoms with Crippen LogP contribution in [-0.4, -0.2) is 47.9 Å². The minimum atomic E-state index is -0.689. The van der Waals surface area contributed by atoms with E-state index in [0.717, 1.165) is 11.8 Å². The van der Waals surface area contributed by atoms with E-state index >= 15 is 0 Å². The summed E-state index contributed by atoms with van der Waals surface area (Å²) in [5.74, 6) is -0.435. The van der Waals surface area contributed by atoms with Crippen molar-refractivity contribution in [3.05, 3.63) is 16.4 Å². The number of nitrogens with one attached hydrogen (secondary N) is 2. The first-order valence-electron chi connectivity index (χ1n) is 7.01. The number of methoxy groups -OCH3 is 2. The zero-order valence-corrected chi connectivity index (χ0v) is 14.4. The van der Waals surface area contributed by atoms with Crippen LogP contribution in [0.1, 0.15) is 20.3 Å². The molecule has 128 valence electrons. The average molecular weight is 343 g/mol. The molecule has 23 heavy (non-hydrogen) atoms. The van der Waals surface area contributed by atoms with Gasteiger partial charge in [-0.2, -0.15) is 4.98 Å². The zero-order chi connectivity index (χ0) is 17.4. The molecule has 0 saturated heterocycles. The summed E-state index contributed by atoms with van der Waals surface area (Å²) in [5.41, 5.74) is -0.369. The number of amides is 1. The van der Waals surface area contributed by atoms with E-state index in [4.69, 9.17) is 4.74 Å². The Bertz CT molecular complexity index is 602. The van der Waals surface area contributed by atoms with E-state index in [9.17, 15) is 14.4 Å². The highest BCUT2D eigenvalue weighted by Crippen LogP contribution is 2.14. The second-order valence-electron chi connectivity index (χ2n) is 5.15. The van der Waals surface area contributed by atoms with Crippen molar-refractivity contribution < 1.29 is 19.1 Å². The lowest BCUT2D eigenvalue weighted by molar-refractivity contribution is -0.145. The molecule has 0 unspecified atom stereocenters. The molecule has 0 aliphatic rings. The van der Waals surface area contributed by atoms with Gasteiger partial charge in [-0.05, 0) is 12.3 Å². The van der Waals surface area contributed by atoms with Gasteiger partial charge in [0.25, 0.3) is 5.56 Å². The van der Waals surface area contributed by atoms with Crippen LogP contribution in [0.4, 0.5) is 0 Å². The first kappa shape index (κ1) is 19.0. The Hall–Kier alpha value is -2.03. The number of thioether (sulfide) groups is 1. The monoisotopic (exact) mass is 343 g/mol. The van der Waals surface area contributed by atoms with Crippen LogP contribution in [0.5, 0.6) is 5.88 Å². The molecule has 1 aromatic heterocycles. The third kappa shape index (κ3) is 6.72. The molecule has 0 fully saturated rings. The Morgan fingerprint density at radius 3 is 2.65 bits per heavy atom. The molecule has 8 nitrogen and oxygen atoms in total. The first-order chi connectivity index (χ1) is 10.8. The lowest BCUT2D eigenvalue weighted by Gasteiger charge is -2.18. The van der Waals surface area contributed by atoms with E-state index < -0.39 is 12.0 Å². The minimum absolute atomic E-state index is 0.00168. The Morgan fingerprint density at radius 2 is 2.09 bits per heavy atom. The van der Waals surface area contributed by atoms with E-state index in [0.29, 0.717) is 6.42 Å². The maximum absolute atomic E-state index is 12.0. The standard InChI is InChI=1S/C14H21N3O5S/c1-8(2)5-9(13(20)22-4)15-11(19)7-23-14-16-10(18)6-12(17-14)21-3/h6,8-9H,5,7H2,1-4H3,(H,15,19)(H,16,17,18)/t9-/m0/s1. The summed E-state index contributed by atoms with van der Waals surface area (Å²) in [4.78, 5) is 41.6. The fourth-order valence-electron chi connectivity index (χ4n) is 1.78. The molecule has 9 heteroatoms. The molecule has 1 amide bonds. The number of H-pyrrole nitrogens is 1. The van der Waals surface area contributed by atoms with Crippen molar-refractivity contribution in [2.45, 2.75) is 31.5 Å². The number of aromatic amines is 1. The van der Waals surface area contributed by atoms with Crippen LogP contribution in [0.2, 0.25) is 0 Å². The first-order valence-corrected chi connectivity index (χ1v) is 7.99. The predicted octanol–water partition coefficient (Wildman–Crippen LogP) is 0.574. The van der Waals surface area contributed by atoms with Gasteiger partial charge < -0.3 is 19.8 Å². The summed E-state index contributed by atoms with van der Waals surface area (Å²) in [6.45, 7) is 3.89. The van der Waals surface area contributed by atoms with Crippen LogP contribution in [0.15, 0.2) is 16.0 Å². The van der Waals surface area contributed by atoms with Crippen molar-refractivity contribution in [3.63, 3.8) is 0 Å². The second-order valence-corrected chi connectivity index (χ2v) is 6.12. The van der Waals surface area contributed by atoms with Crippen LogP contribution in [0.3, 0.4) is 0 Å². The van der Waals surface area contributed by atoms with Gasteiger partial charge >= 0.3 is 5.97 Å². The SMILES string of the molecule is COC(=O)[C@H](CC(C)C)NC(=O)CSc1nc(OC)cc(=O)[nH]1. The van der Waals surface area contributed by atoms with E-state index in [-0.39, 0.29) is 34.2 Å². The summed E-state index contributed by atoms with van der Waals surface area (Å²) in [5, 5.41) is 2.89. The van der Waals surface area contributed by atoms with Gasteiger partial charge in [0.15, 0.2) is 5.16 Å². The smallest absolute Gasteiger partial charge is 0.328 e. The molecule has 1 aromatic rings. The van der Waals surface area contributed by atoms with Crippen LogP contribution in [0.25, 0.3) is 0 Å². The van der Waals surface area contributed by atoms with Gasteiger partial charge in [-0.3, -0.25) is 9.59 Å².